The average Bonchev–Trinajstić information content (AvgIpc) is 3.28. The number of aromatic nitrogens is 1. The van der Waals surface area contributed by atoms with Gasteiger partial charge in [-0.3, -0.25) is 0 Å². The van der Waals surface area contributed by atoms with Gasteiger partial charge < -0.3 is 20.4 Å². The van der Waals surface area contributed by atoms with E-state index >= 15 is 0 Å². The largest absolute Gasteiger partial charge is 0.370 e. The second kappa shape index (κ2) is 10.5. The first-order valence-corrected chi connectivity index (χ1v) is 11.4. The Hall–Kier alpha value is -1.20. The molecular weight excluding hydrogens is 503 g/mol. The Labute approximate surface area is 192 Å². The second-order valence-corrected chi connectivity index (χ2v) is 8.83. The Balaban J connectivity index is 0.00000225. The van der Waals surface area contributed by atoms with E-state index in [9.17, 15) is 0 Å². The fraction of sp³-hybridized carbons (Fsp3) is 0.474. The summed E-state index contributed by atoms with van der Waals surface area (Å²) in [5.41, 5.74) is 8.76. The smallest absolute Gasteiger partial charge is 0.191 e. The van der Waals surface area contributed by atoms with Crippen LogP contribution in [-0.4, -0.2) is 66.6 Å². The highest BCUT2D eigenvalue weighted by molar-refractivity contribution is 14.0. The van der Waals surface area contributed by atoms with E-state index in [1.165, 1.54) is 22.8 Å². The number of hydrogen-bond donors (Lipinski definition) is 1. The van der Waals surface area contributed by atoms with E-state index < -0.39 is 0 Å². The average molecular weight is 531 g/mol. The summed E-state index contributed by atoms with van der Waals surface area (Å²) in [6.45, 7) is 6.57. The molecule has 3 heterocycles. The molecule has 28 heavy (non-hydrogen) atoms. The van der Waals surface area contributed by atoms with Crippen molar-refractivity contribution < 1.29 is 0 Å². The van der Waals surface area contributed by atoms with E-state index in [-0.39, 0.29) is 24.0 Å². The molecule has 2 N–H and O–H groups in total. The van der Waals surface area contributed by atoms with Crippen LogP contribution >= 0.6 is 47.1 Å². The second-order valence-electron chi connectivity index (χ2n) is 6.73. The van der Waals surface area contributed by atoms with Crippen LogP contribution in [0.3, 0.4) is 0 Å². The number of thioether (sulfide) groups is 1. The maximum atomic E-state index is 6.24. The van der Waals surface area contributed by atoms with E-state index in [4.69, 9.17) is 5.73 Å². The SMILES string of the molecule is I.NC(=NCc1ccc(N2CCSCC2)cc1)N1CCN(c2nccs2)CC1. The summed E-state index contributed by atoms with van der Waals surface area (Å²) >= 11 is 3.72. The summed E-state index contributed by atoms with van der Waals surface area (Å²) in [5.74, 6) is 3.09. The highest BCUT2D eigenvalue weighted by Gasteiger charge is 2.19. The molecule has 152 valence electrons. The number of rotatable bonds is 4. The molecule has 0 aliphatic carbocycles. The minimum atomic E-state index is 0. The highest BCUT2D eigenvalue weighted by Crippen LogP contribution is 2.21. The summed E-state index contributed by atoms with van der Waals surface area (Å²) in [5, 5.41) is 3.12. The van der Waals surface area contributed by atoms with Crippen LogP contribution in [0.15, 0.2) is 40.8 Å². The van der Waals surface area contributed by atoms with Crippen LogP contribution < -0.4 is 15.5 Å². The molecule has 0 bridgehead atoms. The van der Waals surface area contributed by atoms with Crippen LogP contribution in [0.4, 0.5) is 10.8 Å². The molecular formula is C19H27IN6S2. The lowest BCUT2D eigenvalue weighted by Gasteiger charge is -2.35. The van der Waals surface area contributed by atoms with E-state index in [1.807, 2.05) is 23.3 Å². The molecule has 2 fully saturated rings. The van der Waals surface area contributed by atoms with Gasteiger partial charge in [0.25, 0.3) is 0 Å². The maximum absolute atomic E-state index is 6.24. The molecule has 0 unspecified atom stereocenters. The third kappa shape index (κ3) is 5.44. The highest BCUT2D eigenvalue weighted by atomic mass is 127. The lowest BCUT2D eigenvalue weighted by atomic mass is 10.2. The molecule has 0 saturated carbocycles. The Morgan fingerprint density at radius 2 is 1.71 bits per heavy atom. The predicted molar refractivity (Wildman–Crippen MR) is 133 cm³/mol. The monoisotopic (exact) mass is 530 g/mol. The number of piperazine rings is 1. The number of anilines is 2. The van der Waals surface area contributed by atoms with Gasteiger partial charge in [0, 0.05) is 68.0 Å². The molecule has 0 radical (unpaired) electrons. The summed E-state index contributed by atoms with van der Waals surface area (Å²) in [7, 11) is 0. The van der Waals surface area contributed by atoms with Crippen molar-refractivity contribution in [2.24, 2.45) is 10.7 Å². The Kier molecular flexibility index (Phi) is 8.10. The third-order valence-electron chi connectivity index (χ3n) is 5.03. The van der Waals surface area contributed by atoms with Gasteiger partial charge in [0.05, 0.1) is 6.54 Å². The van der Waals surface area contributed by atoms with E-state index in [0.29, 0.717) is 12.5 Å². The van der Waals surface area contributed by atoms with Crippen molar-refractivity contribution in [3.05, 3.63) is 41.4 Å². The number of benzene rings is 1. The lowest BCUT2D eigenvalue weighted by Crippen LogP contribution is -2.51. The standard InChI is InChI=1S/C19H26N6S2.HI/c20-18(24-6-8-25(9-7-24)19-21-5-12-27-19)22-15-16-1-3-17(4-2-16)23-10-13-26-14-11-23;/h1-5,12H,6-11,13-15H2,(H2,20,22);1H. The summed E-state index contributed by atoms with van der Waals surface area (Å²) in [6, 6.07) is 8.77. The zero-order valence-electron chi connectivity index (χ0n) is 15.9. The fourth-order valence-corrected chi connectivity index (χ4v) is 5.00. The van der Waals surface area contributed by atoms with Crippen LogP contribution in [0, 0.1) is 0 Å². The van der Waals surface area contributed by atoms with Crippen molar-refractivity contribution in [2.45, 2.75) is 6.54 Å². The van der Waals surface area contributed by atoms with Gasteiger partial charge in [0.15, 0.2) is 11.1 Å². The fourth-order valence-electron chi connectivity index (χ4n) is 3.40. The number of halogens is 1. The van der Waals surface area contributed by atoms with E-state index in [1.54, 1.807) is 11.3 Å². The molecule has 0 atom stereocenters. The lowest BCUT2D eigenvalue weighted by molar-refractivity contribution is 0.380. The van der Waals surface area contributed by atoms with E-state index in [2.05, 4.69) is 48.9 Å². The van der Waals surface area contributed by atoms with Gasteiger partial charge in [0.1, 0.15) is 0 Å². The van der Waals surface area contributed by atoms with Gasteiger partial charge in [-0.1, -0.05) is 12.1 Å². The molecule has 2 aliphatic rings. The normalized spacial score (nSPS) is 18.1. The summed E-state index contributed by atoms with van der Waals surface area (Å²) in [4.78, 5) is 15.9. The molecule has 1 aromatic heterocycles. The third-order valence-corrected chi connectivity index (χ3v) is 6.80. The zero-order chi connectivity index (χ0) is 18.5. The first-order valence-electron chi connectivity index (χ1n) is 9.40. The van der Waals surface area contributed by atoms with Crippen molar-refractivity contribution in [3.63, 3.8) is 0 Å². The van der Waals surface area contributed by atoms with Crippen LogP contribution in [0.1, 0.15) is 5.56 Å². The summed E-state index contributed by atoms with van der Waals surface area (Å²) in [6.07, 6.45) is 1.86. The van der Waals surface area contributed by atoms with Crippen molar-refractivity contribution in [3.8, 4) is 0 Å². The van der Waals surface area contributed by atoms with Gasteiger partial charge in [-0.25, -0.2) is 9.98 Å². The van der Waals surface area contributed by atoms with Crippen molar-refractivity contribution in [1.29, 1.82) is 0 Å². The van der Waals surface area contributed by atoms with Gasteiger partial charge in [-0.05, 0) is 17.7 Å². The topological polar surface area (TPSA) is 61.0 Å². The van der Waals surface area contributed by atoms with Crippen molar-refractivity contribution in [1.82, 2.24) is 9.88 Å². The van der Waals surface area contributed by atoms with Gasteiger partial charge in [-0.2, -0.15) is 11.8 Å². The first kappa shape index (κ1) is 21.5. The Morgan fingerprint density at radius 3 is 2.36 bits per heavy atom. The molecule has 1 aromatic carbocycles. The van der Waals surface area contributed by atoms with Crippen molar-refractivity contribution in [2.75, 3.05) is 60.6 Å². The van der Waals surface area contributed by atoms with E-state index in [0.717, 1.165) is 44.4 Å². The molecule has 2 aromatic rings. The van der Waals surface area contributed by atoms with Crippen LogP contribution in [0.25, 0.3) is 0 Å². The molecule has 6 nitrogen and oxygen atoms in total. The first-order chi connectivity index (χ1) is 13.3. The van der Waals surface area contributed by atoms with Crippen LogP contribution in [-0.2, 0) is 6.54 Å². The Bertz CT molecular complexity index is 738. The minimum Gasteiger partial charge on any atom is -0.370 e. The number of aliphatic imine (C=N–C) groups is 1. The van der Waals surface area contributed by atoms with Crippen LogP contribution in [0.2, 0.25) is 0 Å². The van der Waals surface area contributed by atoms with Gasteiger partial charge >= 0.3 is 0 Å². The number of nitrogens with two attached hydrogens (primary N) is 1. The van der Waals surface area contributed by atoms with Crippen LogP contribution in [0.5, 0.6) is 0 Å². The molecule has 2 aliphatic heterocycles. The quantitative estimate of drug-likeness (QED) is 0.373. The number of nitrogens with zero attached hydrogens (tertiary/aromatic N) is 5. The number of hydrogen-bond acceptors (Lipinski definition) is 6. The van der Waals surface area contributed by atoms with Crippen molar-refractivity contribution >= 4 is 63.9 Å². The minimum absolute atomic E-state index is 0. The zero-order valence-corrected chi connectivity index (χ0v) is 19.8. The number of guanidine groups is 1. The number of thiazole rings is 1. The maximum Gasteiger partial charge on any atom is 0.191 e. The molecule has 2 saturated heterocycles. The predicted octanol–water partition coefficient (Wildman–Crippen LogP) is 2.95. The molecule has 0 spiro atoms. The Morgan fingerprint density at radius 1 is 1.00 bits per heavy atom. The summed E-state index contributed by atoms with van der Waals surface area (Å²) < 4.78 is 0. The van der Waals surface area contributed by atoms with Gasteiger partial charge in [-0.15, -0.1) is 35.3 Å². The molecule has 9 heteroatoms. The van der Waals surface area contributed by atoms with Gasteiger partial charge in [0.2, 0.25) is 0 Å². The molecule has 0 amide bonds. The molecule has 4 rings (SSSR count).